The molecule has 1 aromatic heterocycles. The van der Waals surface area contributed by atoms with Crippen LogP contribution in [0.4, 0.5) is 5.82 Å². The van der Waals surface area contributed by atoms with Gasteiger partial charge < -0.3 is 14.4 Å². The third-order valence-corrected chi connectivity index (χ3v) is 4.88. The topological polar surface area (TPSA) is 34.6 Å². The normalized spacial score (nSPS) is 20.9. The van der Waals surface area contributed by atoms with Crippen LogP contribution in [-0.4, -0.2) is 37.9 Å². The molecule has 0 unspecified atom stereocenters. The first kappa shape index (κ1) is 15.0. The Labute approximate surface area is 134 Å². The van der Waals surface area contributed by atoms with Crippen LogP contribution in [0.3, 0.4) is 0 Å². The number of pyridine rings is 1. The van der Waals surface area contributed by atoms with E-state index in [1.165, 1.54) is 6.42 Å². The molecule has 2 aliphatic rings. The molecule has 0 amide bonds. The van der Waals surface area contributed by atoms with Gasteiger partial charge in [0.2, 0.25) is 0 Å². The Morgan fingerprint density at radius 1 is 1.38 bits per heavy atom. The molecule has 4 nitrogen and oxygen atoms in total. The Morgan fingerprint density at radius 2 is 2.14 bits per heavy atom. The average Bonchev–Trinajstić information content (AvgIpc) is 2.49. The van der Waals surface area contributed by atoms with Crippen molar-refractivity contribution in [2.24, 2.45) is 0 Å². The summed E-state index contributed by atoms with van der Waals surface area (Å²) >= 11 is 3.65. The minimum Gasteiger partial charge on any atom is -0.378 e. The zero-order chi connectivity index (χ0) is 14.7. The summed E-state index contributed by atoms with van der Waals surface area (Å²) < 4.78 is 12.5. The molecule has 5 heteroatoms. The molecule has 2 heterocycles. The van der Waals surface area contributed by atoms with Crippen LogP contribution in [0.15, 0.2) is 29.3 Å². The summed E-state index contributed by atoms with van der Waals surface area (Å²) in [6, 6.07) is 4.16. The number of morpholine rings is 1. The van der Waals surface area contributed by atoms with E-state index in [0.29, 0.717) is 6.61 Å². The Kier molecular flexibility index (Phi) is 4.62. The number of nitrogens with zero attached hydrogens (tertiary/aromatic N) is 2. The SMILES string of the molecule is C=CCOC1(c2nc(N3CCOCC3)ccc2Br)CCC1. The smallest absolute Gasteiger partial charge is 0.129 e. The highest BCUT2D eigenvalue weighted by Gasteiger charge is 2.42. The van der Waals surface area contributed by atoms with Crippen LogP contribution in [0.1, 0.15) is 25.0 Å². The van der Waals surface area contributed by atoms with Crippen LogP contribution in [0.5, 0.6) is 0 Å². The quantitative estimate of drug-likeness (QED) is 0.761. The first-order valence-electron chi connectivity index (χ1n) is 7.50. The predicted octanol–water partition coefficient (Wildman–Crippen LogP) is 3.26. The first-order chi connectivity index (χ1) is 10.2. The minimum atomic E-state index is -0.241. The van der Waals surface area contributed by atoms with Gasteiger partial charge in [0.25, 0.3) is 0 Å². The maximum absolute atomic E-state index is 6.07. The van der Waals surface area contributed by atoms with Crippen LogP contribution in [0.2, 0.25) is 0 Å². The highest BCUT2D eigenvalue weighted by atomic mass is 79.9. The maximum atomic E-state index is 6.07. The zero-order valence-electron chi connectivity index (χ0n) is 12.2. The van der Waals surface area contributed by atoms with E-state index in [4.69, 9.17) is 14.5 Å². The standard InChI is InChI=1S/C16H21BrN2O2/c1-2-10-21-16(6-3-7-16)15-13(17)4-5-14(18-15)19-8-11-20-12-9-19/h2,4-5H,1,3,6-12H2. The van der Waals surface area contributed by atoms with Gasteiger partial charge in [0, 0.05) is 17.6 Å². The van der Waals surface area contributed by atoms with Crippen molar-refractivity contribution in [2.75, 3.05) is 37.8 Å². The molecule has 114 valence electrons. The van der Waals surface area contributed by atoms with Gasteiger partial charge in [-0.3, -0.25) is 0 Å². The molecule has 1 saturated carbocycles. The fourth-order valence-corrected chi connectivity index (χ4v) is 3.47. The van der Waals surface area contributed by atoms with Gasteiger partial charge in [-0.25, -0.2) is 4.98 Å². The van der Waals surface area contributed by atoms with Crippen molar-refractivity contribution in [3.8, 4) is 0 Å². The van der Waals surface area contributed by atoms with E-state index in [1.807, 2.05) is 0 Å². The summed E-state index contributed by atoms with van der Waals surface area (Å²) in [4.78, 5) is 7.18. The first-order valence-corrected chi connectivity index (χ1v) is 8.29. The van der Waals surface area contributed by atoms with E-state index in [2.05, 4.69) is 39.5 Å². The van der Waals surface area contributed by atoms with Crippen molar-refractivity contribution >= 4 is 21.7 Å². The summed E-state index contributed by atoms with van der Waals surface area (Å²) in [5.41, 5.74) is 0.787. The summed E-state index contributed by atoms with van der Waals surface area (Å²) in [5.74, 6) is 1.02. The van der Waals surface area contributed by atoms with E-state index < -0.39 is 0 Å². The van der Waals surface area contributed by atoms with E-state index in [-0.39, 0.29) is 5.60 Å². The number of anilines is 1. The van der Waals surface area contributed by atoms with Crippen LogP contribution in [0, 0.1) is 0 Å². The van der Waals surface area contributed by atoms with Crippen molar-refractivity contribution in [3.63, 3.8) is 0 Å². The monoisotopic (exact) mass is 352 g/mol. The molecule has 1 saturated heterocycles. The molecule has 0 atom stereocenters. The third-order valence-electron chi connectivity index (χ3n) is 4.24. The van der Waals surface area contributed by atoms with Crippen molar-refractivity contribution in [1.29, 1.82) is 0 Å². The number of hydrogen-bond acceptors (Lipinski definition) is 4. The molecule has 0 bridgehead atoms. The maximum Gasteiger partial charge on any atom is 0.129 e. The van der Waals surface area contributed by atoms with Crippen LogP contribution >= 0.6 is 15.9 Å². The lowest BCUT2D eigenvalue weighted by molar-refractivity contribution is -0.0982. The van der Waals surface area contributed by atoms with Gasteiger partial charge in [0.05, 0.1) is 25.5 Å². The molecule has 3 rings (SSSR count). The highest BCUT2D eigenvalue weighted by molar-refractivity contribution is 9.10. The number of ether oxygens (including phenoxy) is 2. The van der Waals surface area contributed by atoms with Gasteiger partial charge in [-0.15, -0.1) is 6.58 Å². The predicted molar refractivity (Wildman–Crippen MR) is 86.6 cm³/mol. The van der Waals surface area contributed by atoms with E-state index in [0.717, 1.165) is 55.1 Å². The number of halogens is 1. The number of rotatable bonds is 5. The average molecular weight is 353 g/mol. The summed E-state index contributed by atoms with van der Waals surface area (Å²) in [7, 11) is 0. The largest absolute Gasteiger partial charge is 0.378 e. The Bertz CT molecular complexity index is 511. The second-order valence-corrected chi connectivity index (χ2v) is 6.40. The van der Waals surface area contributed by atoms with E-state index in [9.17, 15) is 0 Å². The molecular weight excluding hydrogens is 332 g/mol. The fraction of sp³-hybridized carbons (Fsp3) is 0.562. The van der Waals surface area contributed by atoms with Gasteiger partial charge in [0.15, 0.2) is 0 Å². The molecule has 0 spiro atoms. The van der Waals surface area contributed by atoms with Gasteiger partial charge in [-0.05, 0) is 47.3 Å². The third kappa shape index (κ3) is 3.00. The van der Waals surface area contributed by atoms with Crippen molar-refractivity contribution in [1.82, 2.24) is 4.98 Å². The van der Waals surface area contributed by atoms with Crippen molar-refractivity contribution < 1.29 is 9.47 Å². The Hall–Kier alpha value is -0.910. The van der Waals surface area contributed by atoms with Crippen LogP contribution in [0.25, 0.3) is 0 Å². The fourth-order valence-electron chi connectivity index (χ4n) is 2.89. The molecule has 2 fully saturated rings. The highest BCUT2D eigenvalue weighted by Crippen LogP contribution is 2.46. The lowest BCUT2D eigenvalue weighted by Crippen LogP contribution is -2.40. The summed E-state index contributed by atoms with van der Waals surface area (Å²) in [6.07, 6.45) is 5.05. The molecule has 0 radical (unpaired) electrons. The zero-order valence-corrected chi connectivity index (χ0v) is 13.8. The Balaban J connectivity index is 1.88. The van der Waals surface area contributed by atoms with Gasteiger partial charge >= 0.3 is 0 Å². The lowest BCUT2D eigenvalue weighted by Gasteiger charge is -2.42. The van der Waals surface area contributed by atoms with Gasteiger partial charge in [0.1, 0.15) is 11.4 Å². The number of hydrogen-bond donors (Lipinski definition) is 0. The molecule has 0 N–H and O–H groups in total. The molecule has 1 aliphatic heterocycles. The second kappa shape index (κ2) is 6.46. The number of aromatic nitrogens is 1. The molecule has 1 aliphatic carbocycles. The summed E-state index contributed by atoms with van der Waals surface area (Å²) in [5, 5.41) is 0. The molecule has 0 aromatic carbocycles. The minimum absolute atomic E-state index is 0.241. The molecule has 21 heavy (non-hydrogen) atoms. The van der Waals surface area contributed by atoms with Crippen LogP contribution < -0.4 is 4.90 Å². The molecular formula is C16H21BrN2O2. The van der Waals surface area contributed by atoms with E-state index >= 15 is 0 Å². The van der Waals surface area contributed by atoms with E-state index in [1.54, 1.807) is 6.08 Å². The Morgan fingerprint density at radius 3 is 2.76 bits per heavy atom. The summed E-state index contributed by atoms with van der Waals surface area (Å²) in [6.45, 7) is 7.65. The van der Waals surface area contributed by atoms with Gasteiger partial charge in [-0.1, -0.05) is 6.08 Å². The van der Waals surface area contributed by atoms with Gasteiger partial charge in [-0.2, -0.15) is 0 Å². The lowest BCUT2D eigenvalue weighted by atomic mass is 9.77. The van der Waals surface area contributed by atoms with Crippen molar-refractivity contribution in [2.45, 2.75) is 24.9 Å². The van der Waals surface area contributed by atoms with Crippen molar-refractivity contribution in [3.05, 3.63) is 35.0 Å². The molecule has 1 aromatic rings. The second-order valence-electron chi connectivity index (χ2n) is 5.55. The van der Waals surface area contributed by atoms with Crippen LogP contribution in [-0.2, 0) is 15.1 Å².